The molecule has 0 radical (unpaired) electrons. The summed E-state index contributed by atoms with van der Waals surface area (Å²) in [7, 11) is 0. The van der Waals surface area contributed by atoms with E-state index in [1.165, 1.54) is 0 Å². The lowest BCUT2D eigenvalue weighted by atomic mass is 9.96. The zero-order valence-corrected chi connectivity index (χ0v) is 24.7. The molecule has 0 saturated heterocycles. The summed E-state index contributed by atoms with van der Waals surface area (Å²) in [4.78, 5) is 38.3. The number of ether oxygens (including phenoxy) is 2. The predicted octanol–water partition coefficient (Wildman–Crippen LogP) is 5.02. The molecule has 2 atom stereocenters. The highest BCUT2D eigenvalue weighted by Gasteiger charge is 2.32. The van der Waals surface area contributed by atoms with Crippen molar-refractivity contribution in [3.63, 3.8) is 0 Å². The van der Waals surface area contributed by atoms with E-state index in [1.54, 1.807) is 45.0 Å². The van der Waals surface area contributed by atoms with Crippen molar-refractivity contribution < 1.29 is 29.2 Å². The van der Waals surface area contributed by atoms with E-state index >= 15 is 0 Å². The van der Waals surface area contributed by atoms with E-state index < -0.39 is 29.8 Å². The maximum absolute atomic E-state index is 13.3. The first-order valence-electron chi connectivity index (χ1n) is 13.0. The summed E-state index contributed by atoms with van der Waals surface area (Å²) < 4.78 is 11.4. The molecule has 0 fully saturated rings. The van der Waals surface area contributed by atoms with Crippen molar-refractivity contribution in [2.45, 2.75) is 78.0 Å². The normalized spacial score (nSPS) is 14.5. The molecule has 1 aliphatic rings. The van der Waals surface area contributed by atoms with Crippen LogP contribution in [0.1, 0.15) is 71.9 Å². The number of benzene rings is 1. The molecule has 1 amide bonds. The highest BCUT2D eigenvalue weighted by molar-refractivity contribution is 9.08. The van der Waals surface area contributed by atoms with Gasteiger partial charge in [0.25, 0.3) is 0 Å². The average molecular weight is 581 g/mol. The molecule has 7 nitrogen and oxygen atoms in total. The highest BCUT2D eigenvalue weighted by atomic mass is 79.9. The summed E-state index contributed by atoms with van der Waals surface area (Å²) in [5.41, 5.74) is 0.661. The molecule has 37 heavy (non-hydrogen) atoms. The molecule has 206 valence electrons. The molecule has 0 spiro atoms. The molecule has 8 heteroatoms. The number of nitrogens with two attached hydrogens (primary N) is 1. The van der Waals surface area contributed by atoms with Crippen molar-refractivity contribution in [1.29, 1.82) is 0 Å². The predicted molar refractivity (Wildman–Crippen MR) is 150 cm³/mol. The van der Waals surface area contributed by atoms with Gasteiger partial charge < -0.3 is 20.1 Å². The van der Waals surface area contributed by atoms with Crippen molar-refractivity contribution in [2.75, 3.05) is 18.9 Å². The Morgan fingerprint density at radius 2 is 1.70 bits per heavy atom. The highest BCUT2D eigenvalue weighted by Crippen LogP contribution is 2.21. The topological polar surface area (TPSA) is 98.3 Å². The van der Waals surface area contributed by atoms with Crippen molar-refractivity contribution in [3.8, 4) is 0 Å². The monoisotopic (exact) mass is 579 g/mol. The van der Waals surface area contributed by atoms with Crippen LogP contribution in [0.25, 0.3) is 0 Å². The molecule has 0 bridgehead atoms. The number of allylic oxidation sites excluding steroid dienone is 3. The molecule has 1 aromatic rings. The third kappa shape index (κ3) is 12.1. The number of rotatable bonds is 12. The second-order valence-corrected chi connectivity index (χ2v) is 9.83. The summed E-state index contributed by atoms with van der Waals surface area (Å²) in [6, 6.07) is 7.99. The van der Waals surface area contributed by atoms with Gasteiger partial charge in [-0.25, -0.2) is 9.59 Å². The molecule has 0 aliphatic heterocycles. The van der Waals surface area contributed by atoms with Crippen LogP contribution in [0, 0.1) is 5.92 Å². The van der Waals surface area contributed by atoms with E-state index in [9.17, 15) is 14.4 Å². The lowest BCUT2D eigenvalue weighted by Gasteiger charge is -2.27. The quantitative estimate of drug-likeness (QED) is 0.267. The Kier molecular flexibility index (Phi) is 15.1. The van der Waals surface area contributed by atoms with Gasteiger partial charge in [-0.1, -0.05) is 78.3 Å². The Morgan fingerprint density at radius 3 is 2.24 bits per heavy atom. The zero-order chi connectivity index (χ0) is 27.8. The second kappa shape index (κ2) is 17.1. The smallest absolute Gasteiger partial charge is 0.408 e. The van der Waals surface area contributed by atoms with Crippen LogP contribution in [0.5, 0.6) is 0 Å². The van der Waals surface area contributed by atoms with Crippen molar-refractivity contribution in [2.24, 2.45) is 5.92 Å². The summed E-state index contributed by atoms with van der Waals surface area (Å²) in [6.45, 7) is 10.2. The number of alkyl halides is 1. The number of Topliss-reactive ketones (excluding diaryl/α,β-unsaturated/α-hetero) is 1. The molecule has 0 aromatic heterocycles. The lowest BCUT2D eigenvalue weighted by molar-refractivity contribution is -0.650. The number of carbonyl (C=O) groups excluding carboxylic acids is 3. The van der Waals surface area contributed by atoms with Crippen LogP contribution in [-0.2, 0) is 19.1 Å². The molecule has 0 unspecified atom stereocenters. The van der Waals surface area contributed by atoms with Gasteiger partial charge in [-0.2, -0.15) is 0 Å². The van der Waals surface area contributed by atoms with Crippen LogP contribution in [-0.4, -0.2) is 48.5 Å². The zero-order valence-electron chi connectivity index (χ0n) is 23.1. The minimum atomic E-state index is -0.998. The van der Waals surface area contributed by atoms with Crippen LogP contribution >= 0.6 is 15.9 Å². The minimum Gasteiger partial charge on any atom is -0.454 e. The van der Waals surface area contributed by atoms with Gasteiger partial charge in [-0.05, 0) is 57.9 Å². The van der Waals surface area contributed by atoms with Crippen molar-refractivity contribution in [3.05, 3.63) is 59.7 Å². The molecular formula is C29H44BrN2O5+. The molecule has 0 heterocycles. The number of esters is 1. The number of quaternary nitrogens is 1. The van der Waals surface area contributed by atoms with Crippen molar-refractivity contribution >= 4 is 33.8 Å². The van der Waals surface area contributed by atoms with Gasteiger partial charge in [0.05, 0.1) is 0 Å². The number of hydrogen-bond donors (Lipinski definition) is 2. The van der Waals surface area contributed by atoms with Crippen LogP contribution in [0.2, 0.25) is 0 Å². The first kappa shape index (κ1) is 32.6. The number of alkyl carbamates (subject to hydrolysis) is 1. The fourth-order valence-corrected chi connectivity index (χ4v) is 4.03. The summed E-state index contributed by atoms with van der Waals surface area (Å²) in [5, 5.41) is 4.58. The molecule has 3 N–H and O–H groups in total. The van der Waals surface area contributed by atoms with Crippen LogP contribution in [0.4, 0.5) is 4.79 Å². The van der Waals surface area contributed by atoms with E-state index in [0.29, 0.717) is 18.7 Å². The Bertz CT molecular complexity index is 905. The summed E-state index contributed by atoms with van der Waals surface area (Å²) in [5.74, 6) is 1.48. The Morgan fingerprint density at radius 1 is 1.05 bits per heavy atom. The Balaban J connectivity index is 0.00000334. The fraction of sp³-hybridized carbons (Fsp3) is 0.552. The van der Waals surface area contributed by atoms with Crippen LogP contribution in [0.15, 0.2) is 54.1 Å². The largest absolute Gasteiger partial charge is 0.454 e. The van der Waals surface area contributed by atoms with E-state index in [2.05, 4.69) is 35.1 Å². The minimum absolute atomic E-state index is 0.0735. The van der Waals surface area contributed by atoms with Gasteiger partial charge in [0.15, 0.2) is 12.1 Å². The van der Waals surface area contributed by atoms with Gasteiger partial charge in [0, 0.05) is 11.5 Å². The van der Waals surface area contributed by atoms with E-state index in [0.717, 1.165) is 31.3 Å². The number of nitrogens with one attached hydrogen (secondary N) is 1. The lowest BCUT2D eigenvalue weighted by Crippen LogP contribution is -2.88. The van der Waals surface area contributed by atoms with Gasteiger partial charge in [0.2, 0.25) is 5.78 Å². The van der Waals surface area contributed by atoms with E-state index in [4.69, 9.17) is 9.47 Å². The van der Waals surface area contributed by atoms with Gasteiger partial charge >= 0.3 is 12.1 Å². The van der Waals surface area contributed by atoms with E-state index in [-0.39, 0.29) is 11.7 Å². The standard InChI is InChI=1S/C28H40N2O5.CH3Br/c1-6-20(7-2)24(19-29-18-23(31)21-14-10-8-11-15-21)34-26(32)25(22-16-12-9-13-17-22)30-27(33)35-28(3,4)5;1-2/h9-10,12-17,20,24-25,29H,6-8,11,18-19H2,1-5H3,(H,30,33);1H3/p+1/t24-,25+;/m0./s1. The SMILES string of the molecule is CBr.CCC(CC)[C@H](C[NH2+]CC(=O)C1=CCCC=C1)OC(=O)[C@H](NC(=O)OC(C)(C)C)c1ccccc1. The van der Waals surface area contributed by atoms with Crippen LogP contribution in [0.3, 0.4) is 0 Å². The number of halogens is 1. The molecule has 0 saturated carbocycles. The summed E-state index contributed by atoms with van der Waals surface area (Å²) >= 11 is 2.94. The average Bonchev–Trinajstić information content (AvgIpc) is 2.89. The first-order valence-corrected chi connectivity index (χ1v) is 14.6. The van der Waals surface area contributed by atoms with Gasteiger partial charge in [-0.3, -0.25) is 4.79 Å². The Hall–Kier alpha value is -2.45. The third-order valence-corrected chi connectivity index (χ3v) is 5.92. The van der Waals surface area contributed by atoms with Crippen molar-refractivity contribution in [1.82, 2.24) is 5.32 Å². The maximum Gasteiger partial charge on any atom is 0.408 e. The number of amides is 1. The molecule has 1 aliphatic carbocycles. The number of carbonyl (C=O) groups is 3. The molecule has 2 rings (SSSR count). The van der Waals surface area contributed by atoms with Gasteiger partial charge in [0.1, 0.15) is 18.7 Å². The maximum atomic E-state index is 13.3. The molecule has 1 aromatic carbocycles. The first-order chi connectivity index (χ1) is 17.6. The molecular weight excluding hydrogens is 536 g/mol. The second-order valence-electron chi connectivity index (χ2n) is 9.83. The number of hydrogen-bond acceptors (Lipinski definition) is 5. The number of ketones is 1. The third-order valence-electron chi connectivity index (χ3n) is 5.92. The van der Waals surface area contributed by atoms with Crippen LogP contribution < -0.4 is 10.6 Å². The summed E-state index contributed by atoms with van der Waals surface area (Å²) in [6.07, 6.45) is 8.31. The van der Waals surface area contributed by atoms with Gasteiger partial charge in [-0.15, -0.1) is 0 Å². The van der Waals surface area contributed by atoms with E-state index in [1.807, 2.05) is 35.4 Å². The Labute approximate surface area is 230 Å². The fourth-order valence-electron chi connectivity index (χ4n) is 4.03.